The minimum Gasteiger partial charge on any atom is -0.461 e. The fraction of sp³-hybridized carbons (Fsp3) is 0.672. The van der Waals surface area contributed by atoms with E-state index in [2.05, 4.69) is 118 Å². The lowest BCUT2D eigenvalue weighted by molar-refractivity contribution is -0.162. The molecule has 0 rings (SSSR count). The van der Waals surface area contributed by atoms with E-state index in [0.29, 0.717) is 13.0 Å². The van der Waals surface area contributed by atoms with Crippen LogP contribution in [-0.4, -0.2) is 37.9 Å². The van der Waals surface area contributed by atoms with Gasteiger partial charge in [0, 0.05) is 13.0 Å². The molecule has 1 atom stereocenters. The van der Waals surface area contributed by atoms with E-state index in [1.807, 2.05) is 12.2 Å². The van der Waals surface area contributed by atoms with E-state index < -0.39 is 6.10 Å². The highest BCUT2D eigenvalue weighted by Crippen LogP contribution is 2.15. The molecule has 0 radical (unpaired) electrons. The highest BCUT2D eigenvalue weighted by atomic mass is 16.6. The van der Waals surface area contributed by atoms with Crippen LogP contribution in [-0.2, 0) is 23.8 Å². The van der Waals surface area contributed by atoms with Crippen molar-refractivity contribution >= 4 is 11.9 Å². The molecule has 0 N–H and O–H groups in total. The number of esters is 2. The van der Waals surface area contributed by atoms with Crippen LogP contribution in [0.25, 0.3) is 0 Å². The van der Waals surface area contributed by atoms with E-state index in [1.165, 1.54) is 109 Å². The van der Waals surface area contributed by atoms with Crippen LogP contribution in [0, 0.1) is 0 Å². The second-order valence-corrected chi connectivity index (χ2v) is 17.7. The molecule has 0 saturated carbocycles. The van der Waals surface area contributed by atoms with E-state index in [4.69, 9.17) is 14.2 Å². The maximum Gasteiger partial charge on any atom is 0.309 e. The Morgan fingerprint density at radius 3 is 1.17 bits per heavy atom. The maximum absolute atomic E-state index is 12.8. The van der Waals surface area contributed by atoms with Gasteiger partial charge in [0.15, 0.2) is 6.10 Å². The van der Waals surface area contributed by atoms with E-state index in [1.54, 1.807) is 0 Å². The number of hydrogen-bond acceptors (Lipinski definition) is 5. The van der Waals surface area contributed by atoms with Crippen molar-refractivity contribution in [3.8, 4) is 0 Å². The Bertz CT molecular complexity index is 1310. The average molecular weight is 915 g/mol. The summed E-state index contributed by atoms with van der Waals surface area (Å²) < 4.78 is 17.3. The maximum atomic E-state index is 12.8. The van der Waals surface area contributed by atoms with Gasteiger partial charge in [0.25, 0.3) is 0 Å². The lowest BCUT2D eigenvalue weighted by atomic mass is 10.0. The summed E-state index contributed by atoms with van der Waals surface area (Å²) in [4.78, 5) is 25.4. The van der Waals surface area contributed by atoms with Crippen LogP contribution < -0.4 is 0 Å². The molecule has 5 heteroatoms. The Morgan fingerprint density at radius 2 is 0.727 bits per heavy atom. The normalized spacial score (nSPS) is 13.1. The summed E-state index contributed by atoms with van der Waals surface area (Å²) in [5.74, 6) is -0.549. The molecule has 0 saturated heterocycles. The van der Waals surface area contributed by atoms with Gasteiger partial charge in [-0.15, -0.1) is 0 Å². The molecule has 0 aliphatic heterocycles. The Hall–Kier alpha value is -3.44. The number of ether oxygens (including phenoxy) is 3. The second-order valence-electron chi connectivity index (χ2n) is 17.7. The molecule has 66 heavy (non-hydrogen) atoms. The average Bonchev–Trinajstić information content (AvgIpc) is 3.32. The molecule has 0 amide bonds. The predicted octanol–water partition coefficient (Wildman–Crippen LogP) is 18.8. The quantitative estimate of drug-likeness (QED) is 0.0346. The Kier molecular flexibility index (Phi) is 53.0. The number of carbonyl (C=O) groups is 2. The zero-order chi connectivity index (χ0) is 47.7. The van der Waals surface area contributed by atoms with Gasteiger partial charge in [0.2, 0.25) is 0 Å². The third-order valence-corrected chi connectivity index (χ3v) is 11.3. The van der Waals surface area contributed by atoms with E-state index in [-0.39, 0.29) is 31.6 Å². The number of unbranched alkanes of at least 4 members (excludes halogenated alkanes) is 21. The first-order valence-corrected chi connectivity index (χ1v) is 27.4. The van der Waals surface area contributed by atoms with Gasteiger partial charge in [-0.2, -0.15) is 0 Å². The fourth-order valence-corrected chi connectivity index (χ4v) is 7.34. The van der Waals surface area contributed by atoms with E-state index in [9.17, 15) is 9.59 Å². The van der Waals surface area contributed by atoms with Crippen LogP contribution in [0.3, 0.4) is 0 Å². The Labute approximate surface area is 408 Å². The summed E-state index contributed by atoms with van der Waals surface area (Å²) in [6.07, 6.45) is 77.0. The molecule has 0 aliphatic rings. The number of rotatable bonds is 49. The molecule has 0 aromatic carbocycles. The number of hydrogen-bond donors (Lipinski definition) is 0. The monoisotopic (exact) mass is 915 g/mol. The highest BCUT2D eigenvalue weighted by molar-refractivity contribution is 5.71. The summed E-state index contributed by atoms with van der Waals surface area (Å²) in [7, 11) is 0. The van der Waals surface area contributed by atoms with Crippen LogP contribution in [0.2, 0.25) is 0 Å². The van der Waals surface area contributed by atoms with Gasteiger partial charge >= 0.3 is 11.9 Å². The minimum absolute atomic E-state index is 0.0229. The standard InChI is InChI=1S/C61H102O5/c1-4-7-10-13-16-19-22-25-28-29-30-31-32-35-38-41-44-47-50-53-56-64-57-59(66-61(63)55-52-49-46-43-40-37-34-27-24-21-18-15-12-9-6-3)58-65-60(62)54-51-48-45-42-39-36-33-26-23-20-17-14-11-8-5-2/h7-8,10-11,16-17,19-20,25-26,28,30-31,33,39,42,48,51,59H,4-6,9,12-15,18,21-24,27,29,32,34-38,40-41,43-47,49-50,52-58H2,1-3H3/b10-7-,11-8-,19-16-,20-17-,28-25-,31-30-,33-26-,42-39-,51-48-. The van der Waals surface area contributed by atoms with Gasteiger partial charge < -0.3 is 14.2 Å². The lowest BCUT2D eigenvalue weighted by Crippen LogP contribution is -2.30. The minimum atomic E-state index is -0.587. The summed E-state index contributed by atoms with van der Waals surface area (Å²) in [6.45, 7) is 7.48. The SMILES string of the molecule is CC/C=C\C/C=C\C/C=C\C/C=C\C/C=C\CC(=O)OCC(COCCCCCCCCC/C=C\C/C=C\C/C=C\C/C=C\CC)OC(=O)CCCCCCCCCCCCCCCCC. The van der Waals surface area contributed by atoms with Crippen molar-refractivity contribution in [2.24, 2.45) is 0 Å². The molecule has 0 aromatic heterocycles. The molecule has 376 valence electrons. The van der Waals surface area contributed by atoms with Gasteiger partial charge in [-0.25, -0.2) is 0 Å². The Balaban J connectivity index is 4.39. The molecule has 1 unspecified atom stereocenters. The zero-order valence-corrected chi connectivity index (χ0v) is 43.2. The predicted molar refractivity (Wildman–Crippen MR) is 288 cm³/mol. The van der Waals surface area contributed by atoms with Crippen LogP contribution in [0.1, 0.15) is 239 Å². The van der Waals surface area contributed by atoms with Crippen LogP contribution in [0.15, 0.2) is 109 Å². The molecule has 0 spiro atoms. The van der Waals surface area contributed by atoms with Gasteiger partial charge in [-0.1, -0.05) is 252 Å². The first-order chi connectivity index (χ1) is 32.6. The van der Waals surface area contributed by atoms with Crippen molar-refractivity contribution in [3.05, 3.63) is 109 Å². The summed E-state index contributed by atoms with van der Waals surface area (Å²) >= 11 is 0. The lowest BCUT2D eigenvalue weighted by Gasteiger charge is -2.18. The molecular formula is C61H102O5. The smallest absolute Gasteiger partial charge is 0.309 e. The highest BCUT2D eigenvalue weighted by Gasteiger charge is 2.17. The van der Waals surface area contributed by atoms with Crippen molar-refractivity contribution in [1.82, 2.24) is 0 Å². The van der Waals surface area contributed by atoms with Crippen molar-refractivity contribution < 1.29 is 23.8 Å². The molecule has 0 bridgehead atoms. The second kappa shape index (κ2) is 55.9. The van der Waals surface area contributed by atoms with Crippen molar-refractivity contribution in [3.63, 3.8) is 0 Å². The third kappa shape index (κ3) is 53.2. The molecule has 0 fully saturated rings. The molecule has 0 aliphatic carbocycles. The number of carbonyl (C=O) groups excluding carboxylic acids is 2. The molecule has 0 heterocycles. The topological polar surface area (TPSA) is 61.8 Å². The first-order valence-electron chi connectivity index (χ1n) is 27.4. The van der Waals surface area contributed by atoms with Crippen LogP contribution in [0.5, 0.6) is 0 Å². The third-order valence-electron chi connectivity index (χ3n) is 11.3. The zero-order valence-electron chi connectivity index (χ0n) is 43.2. The van der Waals surface area contributed by atoms with Crippen molar-refractivity contribution in [2.75, 3.05) is 19.8 Å². The molecule has 5 nitrogen and oxygen atoms in total. The van der Waals surface area contributed by atoms with Gasteiger partial charge in [0.1, 0.15) is 6.61 Å². The summed E-state index contributed by atoms with van der Waals surface area (Å²) in [5.41, 5.74) is 0. The number of allylic oxidation sites excluding steroid dienone is 17. The van der Waals surface area contributed by atoms with Crippen LogP contribution in [0.4, 0.5) is 0 Å². The largest absolute Gasteiger partial charge is 0.461 e. The van der Waals surface area contributed by atoms with Crippen molar-refractivity contribution in [2.45, 2.75) is 245 Å². The van der Waals surface area contributed by atoms with E-state index in [0.717, 1.165) is 96.3 Å². The molecular weight excluding hydrogens is 813 g/mol. The van der Waals surface area contributed by atoms with Crippen LogP contribution >= 0.6 is 0 Å². The van der Waals surface area contributed by atoms with Crippen molar-refractivity contribution in [1.29, 1.82) is 0 Å². The summed E-state index contributed by atoms with van der Waals surface area (Å²) in [5, 5.41) is 0. The fourth-order valence-electron chi connectivity index (χ4n) is 7.34. The molecule has 0 aromatic rings. The van der Waals surface area contributed by atoms with Gasteiger partial charge in [0.05, 0.1) is 13.0 Å². The summed E-state index contributed by atoms with van der Waals surface area (Å²) in [6, 6.07) is 0. The van der Waals surface area contributed by atoms with E-state index >= 15 is 0 Å². The van der Waals surface area contributed by atoms with Gasteiger partial charge in [-0.05, 0) is 83.5 Å². The van der Waals surface area contributed by atoms with Gasteiger partial charge in [-0.3, -0.25) is 9.59 Å². The first kappa shape index (κ1) is 62.6. The Morgan fingerprint density at radius 1 is 0.364 bits per heavy atom.